The highest BCUT2D eigenvalue weighted by Crippen LogP contribution is 2.33. The number of thioether (sulfide) groups is 1. The Balaban J connectivity index is 1.71. The van der Waals surface area contributed by atoms with Gasteiger partial charge < -0.3 is 0 Å². The van der Waals surface area contributed by atoms with Gasteiger partial charge in [0.05, 0.1) is 17.0 Å². The zero-order valence-electron chi connectivity index (χ0n) is 16.0. The minimum atomic E-state index is -0.288. The molecule has 4 nitrogen and oxygen atoms in total. The van der Waals surface area contributed by atoms with Crippen molar-refractivity contribution in [2.45, 2.75) is 55.5 Å². The van der Waals surface area contributed by atoms with Gasteiger partial charge in [0.25, 0.3) is 5.56 Å². The van der Waals surface area contributed by atoms with Crippen LogP contribution in [0.3, 0.4) is 0 Å². The van der Waals surface area contributed by atoms with E-state index < -0.39 is 0 Å². The highest BCUT2D eigenvalue weighted by Gasteiger charge is 2.25. The van der Waals surface area contributed by atoms with Gasteiger partial charge in [0.2, 0.25) is 0 Å². The van der Waals surface area contributed by atoms with Crippen LogP contribution in [0.2, 0.25) is 0 Å². The summed E-state index contributed by atoms with van der Waals surface area (Å²) in [4.78, 5) is 18.0. The van der Waals surface area contributed by atoms with Crippen LogP contribution in [0.1, 0.15) is 42.9 Å². The molecule has 2 aromatic carbocycles. The van der Waals surface area contributed by atoms with Crippen molar-refractivity contribution >= 4 is 22.7 Å². The Morgan fingerprint density at radius 2 is 1.89 bits per heavy atom. The zero-order chi connectivity index (χ0) is 19.5. The lowest BCUT2D eigenvalue weighted by Gasteiger charge is -2.20. The third kappa shape index (κ3) is 3.83. The maximum Gasteiger partial charge on any atom is 0.262 e. The lowest BCUT2D eigenvalue weighted by atomic mass is 10.1. The fourth-order valence-corrected chi connectivity index (χ4v) is 4.95. The summed E-state index contributed by atoms with van der Waals surface area (Å²) < 4.78 is 1.86. The molecule has 4 rings (SSSR count). The van der Waals surface area contributed by atoms with Gasteiger partial charge in [-0.25, -0.2) is 4.98 Å². The minimum Gasteiger partial charge on any atom is -0.284 e. The van der Waals surface area contributed by atoms with Crippen LogP contribution in [0.15, 0.2) is 58.5 Å². The van der Waals surface area contributed by atoms with Crippen LogP contribution in [-0.4, -0.2) is 14.8 Å². The van der Waals surface area contributed by atoms with Crippen LogP contribution in [0.5, 0.6) is 0 Å². The summed E-state index contributed by atoms with van der Waals surface area (Å²) in [7, 11) is 0. The second kappa shape index (κ2) is 8.20. The van der Waals surface area contributed by atoms with Crippen LogP contribution in [0, 0.1) is 18.3 Å². The SMILES string of the molecule is Cc1ccc(CC(C#N)Sc2nc3ccccc3c(=O)n2C2CCCC2)cc1. The van der Waals surface area contributed by atoms with Gasteiger partial charge in [0.1, 0.15) is 5.25 Å². The van der Waals surface area contributed by atoms with Crippen molar-refractivity contribution < 1.29 is 0 Å². The van der Waals surface area contributed by atoms with Crippen molar-refractivity contribution in [2.24, 2.45) is 0 Å². The smallest absolute Gasteiger partial charge is 0.262 e. The molecule has 1 heterocycles. The van der Waals surface area contributed by atoms with E-state index in [2.05, 4.69) is 37.3 Å². The molecule has 0 N–H and O–H groups in total. The molecule has 1 atom stereocenters. The van der Waals surface area contributed by atoms with Crippen LogP contribution < -0.4 is 5.56 Å². The number of hydrogen-bond donors (Lipinski definition) is 0. The average Bonchev–Trinajstić information content (AvgIpc) is 3.23. The predicted molar refractivity (Wildman–Crippen MR) is 114 cm³/mol. The number of benzene rings is 2. The van der Waals surface area contributed by atoms with Gasteiger partial charge in [0.15, 0.2) is 5.16 Å². The lowest BCUT2D eigenvalue weighted by molar-refractivity contribution is 0.457. The monoisotopic (exact) mass is 389 g/mol. The number of fused-ring (bicyclic) bond motifs is 1. The molecule has 0 aliphatic heterocycles. The Morgan fingerprint density at radius 1 is 1.18 bits per heavy atom. The molecule has 3 aromatic rings. The molecule has 1 unspecified atom stereocenters. The van der Waals surface area contributed by atoms with Crippen LogP contribution >= 0.6 is 11.8 Å². The molecule has 1 aliphatic carbocycles. The Labute approximate surface area is 169 Å². The van der Waals surface area contributed by atoms with Crippen molar-refractivity contribution in [1.82, 2.24) is 9.55 Å². The Kier molecular flexibility index (Phi) is 5.50. The van der Waals surface area contributed by atoms with Crippen LogP contribution in [0.4, 0.5) is 0 Å². The van der Waals surface area contributed by atoms with Gasteiger partial charge in [-0.15, -0.1) is 0 Å². The molecule has 1 fully saturated rings. The van der Waals surface area contributed by atoms with E-state index in [0.717, 1.165) is 31.2 Å². The third-order valence-corrected chi connectivity index (χ3v) is 6.45. The van der Waals surface area contributed by atoms with E-state index in [1.165, 1.54) is 17.3 Å². The summed E-state index contributed by atoms with van der Waals surface area (Å²) in [5.74, 6) is 0. The molecular formula is C23H23N3OS. The maximum atomic E-state index is 13.2. The topological polar surface area (TPSA) is 58.7 Å². The van der Waals surface area contributed by atoms with E-state index in [9.17, 15) is 10.1 Å². The third-order valence-electron chi connectivity index (χ3n) is 5.40. The Morgan fingerprint density at radius 3 is 2.61 bits per heavy atom. The van der Waals surface area contributed by atoms with E-state index in [1.807, 2.05) is 28.8 Å². The Bertz CT molecular complexity index is 1080. The number of para-hydroxylation sites is 1. The molecule has 0 bridgehead atoms. The van der Waals surface area contributed by atoms with Gasteiger partial charge in [-0.3, -0.25) is 9.36 Å². The number of hydrogen-bond acceptors (Lipinski definition) is 4. The molecule has 0 saturated heterocycles. The fourth-order valence-electron chi connectivity index (χ4n) is 3.87. The number of aryl methyl sites for hydroxylation is 1. The first kappa shape index (κ1) is 18.8. The van der Waals surface area contributed by atoms with Crippen LogP contribution in [0.25, 0.3) is 10.9 Å². The second-order valence-electron chi connectivity index (χ2n) is 7.45. The largest absolute Gasteiger partial charge is 0.284 e. The fraction of sp³-hybridized carbons (Fsp3) is 0.348. The molecule has 1 saturated carbocycles. The van der Waals surface area contributed by atoms with E-state index in [4.69, 9.17) is 4.98 Å². The van der Waals surface area contributed by atoms with Gasteiger partial charge in [0, 0.05) is 6.04 Å². The normalized spacial score (nSPS) is 15.6. The molecule has 142 valence electrons. The molecule has 1 aliphatic rings. The number of rotatable bonds is 5. The number of nitrogens with zero attached hydrogens (tertiary/aromatic N) is 3. The first-order valence-corrected chi connectivity index (χ1v) is 10.7. The summed E-state index contributed by atoms with van der Waals surface area (Å²) in [6.07, 6.45) is 4.91. The average molecular weight is 390 g/mol. The van der Waals surface area contributed by atoms with E-state index >= 15 is 0 Å². The molecule has 5 heteroatoms. The Hall–Kier alpha value is -2.58. The van der Waals surface area contributed by atoms with Crippen molar-refractivity contribution in [3.63, 3.8) is 0 Å². The molecule has 0 radical (unpaired) electrons. The van der Waals surface area contributed by atoms with E-state index in [0.29, 0.717) is 22.5 Å². The second-order valence-corrected chi connectivity index (χ2v) is 8.62. The zero-order valence-corrected chi connectivity index (χ0v) is 16.8. The van der Waals surface area contributed by atoms with Crippen molar-refractivity contribution in [1.29, 1.82) is 5.26 Å². The van der Waals surface area contributed by atoms with Crippen molar-refractivity contribution in [3.8, 4) is 6.07 Å². The first-order valence-electron chi connectivity index (χ1n) is 9.79. The highest BCUT2D eigenvalue weighted by atomic mass is 32.2. The van der Waals surface area contributed by atoms with Gasteiger partial charge in [-0.05, 0) is 43.9 Å². The molecule has 28 heavy (non-hydrogen) atoms. The van der Waals surface area contributed by atoms with Crippen molar-refractivity contribution in [2.75, 3.05) is 0 Å². The molecule has 1 aromatic heterocycles. The lowest BCUT2D eigenvalue weighted by Crippen LogP contribution is -2.27. The number of aromatic nitrogens is 2. The summed E-state index contributed by atoms with van der Waals surface area (Å²) in [5, 5.41) is 10.8. The standard InChI is InChI=1S/C23H23N3OS/c1-16-10-12-17(13-11-16)14-19(15-24)28-23-25-21-9-5-4-8-20(21)22(27)26(23)18-6-2-3-7-18/h4-5,8-13,18-19H,2-3,6-7,14H2,1H3. The first-order chi connectivity index (χ1) is 13.7. The summed E-state index contributed by atoms with van der Waals surface area (Å²) in [5.41, 5.74) is 3.06. The summed E-state index contributed by atoms with van der Waals surface area (Å²) >= 11 is 1.42. The van der Waals surface area contributed by atoms with Crippen LogP contribution in [-0.2, 0) is 6.42 Å². The summed E-state index contributed by atoms with van der Waals surface area (Å²) in [6.45, 7) is 2.06. The maximum absolute atomic E-state index is 13.2. The van der Waals surface area contributed by atoms with E-state index in [1.54, 1.807) is 0 Å². The number of nitriles is 1. The highest BCUT2D eigenvalue weighted by molar-refractivity contribution is 8.00. The molecule has 0 amide bonds. The minimum absolute atomic E-state index is 0.0204. The van der Waals surface area contributed by atoms with Crippen molar-refractivity contribution in [3.05, 3.63) is 70.0 Å². The van der Waals surface area contributed by atoms with E-state index in [-0.39, 0.29) is 16.9 Å². The van der Waals surface area contributed by atoms with Gasteiger partial charge in [-0.2, -0.15) is 5.26 Å². The van der Waals surface area contributed by atoms with Gasteiger partial charge in [-0.1, -0.05) is 66.6 Å². The summed E-state index contributed by atoms with van der Waals surface area (Å²) in [6, 6.07) is 18.4. The molecular weight excluding hydrogens is 366 g/mol. The van der Waals surface area contributed by atoms with Gasteiger partial charge >= 0.3 is 0 Å². The molecule has 0 spiro atoms. The quantitative estimate of drug-likeness (QED) is 0.453. The predicted octanol–water partition coefficient (Wildman–Crippen LogP) is 5.05.